The molecule has 0 fully saturated rings. The summed E-state index contributed by atoms with van der Waals surface area (Å²) < 4.78 is 0. The number of H-pyrrole nitrogens is 2. The molecule has 1 aromatic carbocycles. The molecule has 3 rings (SSSR count). The Morgan fingerprint density at radius 2 is 0.789 bits per heavy atom. The van der Waals surface area contributed by atoms with Crippen LogP contribution in [0.3, 0.4) is 0 Å². The molecule has 0 spiro atoms. The molecular formula is C69H105N19O21. The van der Waals surface area contributed by atoms with Crippen molar-refractivity contribution in [2.75, 3.05) is 6.54 Å². The first-order chi connectivity index (χ1) is 51.1. The number of nitrogens with two attached hydrogens (primary N) is 2. The number of primary amides is 1. The Morgan fingerprint density at radius 1 is 0.413 bits per heavy atom. The summed E-state index contributed by atoms with van der Waals surface area (Å²) in [6.07, 6.45) is -1.39. The average Bonchev–Trinajstić information content (AvgIpc) is 1.82. The van der Waals surface area contributed by atoms with Crippen LogP contribution in [-0.4, -0.2) is 232 Å². The highest BCUT2D eigenvalue weighted by molar-refractivity contribution is 6.00. The number of carbonyl (C=O) groups is 17. The second kappa shape index (κ2) is 45.3. The number of nitrogens with one attached hydrogen (secondary N) is 15. The van der Waals surface area contributed by atoms with Gasteiger partial charge in [0.15, 0.2) is 0 Å². The van der Waals surface area contributed by atoms with Crippen LogP contribution in [0, 0.1) is 23.7 Å². The van der Waals surface area contributed by atoms with Gasteiger partial charge in [0.25, 0.3) is 0 Å². The predicted octanol–water partition coefficient (Wildman–Crippen LogP) is -5.06. The second-order valence-electron chi connectivity index (χ2n) is 27.7. The maximum absolute atomic E-state index is 14.3. The number of carbonyl (C=O) groups excluding carboxylic acids is 14. The third-order valence-electron chi connectivity index (χ3n) is 16.7. The maximum Gasteiger partial charge on any atom is 0.326 e. The van der Waals surface area contributed by atoms with Crippen LogP contribution in [0.25, 0.3) is 0 Å². The number of nitrogens with zero attached hydrogens (tertiary/aromatic N) is 2. The molecule has 14 atom stereocenters. The van der Waals surface area contributed by atoms with Crippen molar-refractivity contribution >= 4 is 101 Å². The molecule has 0 bridgehead atoms. The Bertz CT molecular complexity index is 3610. The van der Waals surface area contributed by atoms with Crippen LogP contribution in [0.4, 0.5) is 0 Å². The number of rotatable bonds is 48. The van der Waals surface area contributed by atoms with E-state index in [-0.39, 0.29) is 37.3 Å². The van der Waals surface area contributed by atoms with E-state index in [1.54, 1.807) is 71.9 Å². The Balaban J connectivity index is 1.83. The van der Waals surface area contributed by atoms with E-state index in [0.717, 1.165) is 13.8 Å². The number of aliphatic hydroxyl groups excluding tert-OH is 1. The van der Waals surface area contributed by atoms with Gasteiger partial charge in [0, 0.05) is 62.3 Å². The fraction of sp³-hybridized carbons (Fsp3) is 0.580. The summed E-state index contributed by atoms with van der Waals surface area (Å²) >= 11 is 0. The molecular weight excluding hydrogens is 1430 g/mol. The maximum atomic E-state index is 14.3. The van der Waals surface area contributed by atoms with Gasteiger partial charge in [-0.1, -0.05) is 85.7 Å². The molecule has 0 saturated heterocycles. The summed E-state index contributed by atoms with van der Waals surface area (Å²) in [5, 5.41) is 71.8. The number of aromatic amines is 2. The van der Waals surface area contributed by atoms with Crippen molar-refractivity contribution in [1.29, 1.82) is 0 Å². The van der Waals surface area contributed by atoms with Crippen molar-refractivity contribution in [1.82, 2.24) is 89.1 Å². The number of imidazole rings is 2. The number of carboxylic acid groups (broad SMARTS) is 3. The topological polar surface area (TPSA) is 637 Å². The number of benzene rings is 1. The lowest BCUT2D eigenvalue weighted by Crippen LogP contribution is -2.63. The lowest BCUT2D eigenvalue weighted by molar-refractivity contribution is -0.142. The molecule has 3 aromatic rings. The van der Waals surface area contributed by atoms with Gasteiger partial charge in [-0.3, -0.25) is 76.7 Å². The van der Waals surface area contributed by atoms with Crippen molar-refractivity contribution in [3.8, 4) is 0 Å². The first-order valence-corrected chi connectivity index (χ1v) is 35.4. The number of hydrogen-bond acceptors (Lipinski definition) is 21. The van der Waals surface area contributed by atoms with Crippen molar-refractivity contribution < 1.29 is 102 Å². The zero-order valence-electron chi connectivity index (χ0n) is 62.6. The Morgan fingerprint density at radius 3 is 1.23 bits per heavy atom. The van der Waals surface area contributed by atoms with Crippen LogP contribution >= 0.6 is 0 Å². The van der Waals surface area contributed by atoms with Crippen LogP contribution in [0.2, 0.25) is 0 Å². The quantitative estimate of drug-likeness (QED) is 0.0252. The predicted molar refractivity (Wildman–Crippen MR) is 386 cm³/mol. The van der Waals surface area contributed by atoms with Crippen molar-refractivity contribution in [3.63, 3.8) is 0 Å². The molecule has 0 radical (unpaired) electrons. The summed E-state index contributed by atoms with van der Waals surface area (Å²) in [6.45, 7) is 15.9. The van der Waals surface area contributed by atoms with E-state index >= 15 is 0 Å². The first-order valence-electron chi connectivity index (χ1n) is 35.4. The fourth-order valence-electron chi connectivity index (χ4n) is 10.6. The molecule has 2 aromatic heterocycles. The summed E-state index contributed by atoms with van der Waals surface area (Å²) in [5.74, 6) is -20.5. The molecule has 109 heavy (non-hydrogen) atoms. The van der Waals surface area contributed by atoms with Gasteiger partial charge in [0.1, 0.15) is 72.5 Å². The van der Waals surface area contributed by atoms with Gasteiger partial charge in [0.2, 0.25) is 82.7 Å². The summed E-state index contributed by atoms with van der Waals surface area (Å²) in [5.41, 5.74) is 12.4. The minimum atomic E-state index is -1.95. The largest absolute Gasteiger partial charge is 0.481 e. The van der Waals surface area contributed by atoms with E-state index in [4.69, 9.17) is 11.5 Å². The molecule has 2 heterocycles. The SMILES string of the molecule is CC(C)C[C@H](NC(=O)[C@@H](NC(=O)CNC(=O)[C@H](Cc1cnc[nH]1)NC(=O)[C@H](C)NC(=O)[C@H](CCC(=O)O)NC(=O)[C@H](CCC(=O)O)NC(=O)[C@H](CCC(N)=O)NC(=O)[C@@H](NC(=O)[C@@H](NC(=O)[C@H](Cc1ccccc1)NC(=O)[C@@H](NC(=O)[C@H](C)N)C(C)C)C(C)C)[C@@H](C)O)C(C)C)C(=O)N[C@@H](Cc1cnc[nH]1)C(=O)O. The Kier molecular flexibility index (Phi) is 38.1. The van der Waals surface area contributed by atoms with E-state index in [0.29, 0.717) is 11.3 Å². The third kappa shape index (κ3) is 32.7. The molecule has 40 heteroatoms. The number of aliphatic hydroxyl groups is 1. The third-order valence-corrected chi connectivity index (χ3v) is 16.7. The molecule has 0 aliphatic carbocycles. The Labute approximate surface area is 628 Å². The summed E-state index contributed by atoms with van der Waals surface area (Å²) in [6, 6.07) is -11.4. The molecule has 23 N–H and O–H groups in total. The Hall–Kier alpha value is -11.5. The van der Waals surface area contributed by atoms with E-state index in [1.165, 1.54) is 45.8 Å². The fourth-order valence-corrected chi connectivity index (χ4v) is 10.6. The number of hydrogen-bond donors (Lipinski definition) is 21. The minimum Gasteiger partial charge on any atom is -0.481 e. The number of amides is 14. The number of carboxylic acids is 3. The van der Waals surface area contributed by atoms with Gasteiger partial charge in [-0.2, -0.15) is 0 Å². The molecule has 0 unspecified atom stereocenters. The van der Waals surface area contributed by atoms with E-state index in [9.17, 15) is 102 Å². The number of aromatic nitrogens is 4. The molecule has 0 aliphatic heterocycles. The van der Waals surface area contributed by atoms with Gasteiger partial charge in [-0.15, -0.1) is 0 Å². The molecule has 0 aliphatic rings. The molecule has 40 nitrogen and oxygen atoms in total. The lowest BCUT2D eigenvalue weighted by Gasteiger charge is -2.30. The zero-order valence-corrected chi connectivity index (χ0v) is 62.6. The lowest BCUT2D eigenvalue weighted by atomic mass is 9.98. The second-order valence-corrected chi connectivity index (χ2v) is 27.7. The summed E-state index contributed by atoms with van der Waals surface area (Å²) in [4.78, 5) is 242. The molecule has 14 amide bonds. The average molecular weight is 1540 g/mol. The monoisotopic (exact) mass is 1540 g/mol. The van der Waals surface area contributed by atoms with Gasteiger partial charge in [-0.05, 0) is 75.7 Å². The minimum absolute atomic E-state index is 0.0620. The first kappa shape index (κ1) is 91.8. The zero-order chi connectivity index (χ0) is 82.1. The van der Waals surface area contributed by atoms with Crippen molar-refractivity contribution in [2.24, 2.45) is 35.1 Å². The van der Waals surface area contributed by atoms with E-state index in [1.807, 2.05) is 0 Å². The van der Waals surface area contributed by atoms with Crippen LogP contribution in [0.1, 0.15) is 138 Å². The van der Waals surface area contributed by atoms with Crippen molar-refractivity contribution in [2.45, 2.75) is 225 Å². The smallest absolute Gasteiger partial charge is 0.326 e. The normalized spacial score (nSPS) is 15.1. The standard InChI is InChI=1S/C69H105N19O21/c1-32(2)23-45(63(102)84-48(69(108)109)26-41-28-73-31-76-41)82-65(104)53(33(3)4)85-50(91)29-74-59(98)47(25-40-27-72-30-75-40)81-58(97)37(10)77-60(99)43(18-21-51(92)93)78-62(101)44(19-22-52(94)95)79-61(100)42(17-20-49(71)90)80-68(107)56(38(11)89)88-67(106)55(35(7)8)87-64(103)46(24-39-15-13-12-14-16-39)83-66(105)54(34(5)6)86-57(96)36(9)70/h12-16,27-28,30-38,42-48,53-56,89H,17-26,29,70H2,1-11H3,(H2,71,90)(H,72,75)(H,73,76)(H,74,98)(H,77,99)(H,78,101)(H,79,100)(H,80,107)(H,81,97)(H,82,104)(H,83,105)(H,84,102)(H,85,91)(H,86,96)(H,87,103)(H,88,106)(H,92,93)(H,94,95)(H,108,109)/t36-,37-,38+,42-,43-,44-,45-,46-,47-,48-,53-,54-,55-,56-/m0/s1. The molecule has 0 saturated carbocycles. The highest BCUT2D eigenvalue weighted by Crippen LogP contribution is 2.15. The van der Waals surface area contributed by atoms with Crippen LogP contribution in [0.15, 0.2) is 55.4 Å². The van der Waals surface area contributed by atoms with Gasteiger partial charge >= 0.3 is 17.9 Å². The van der Waals surface area contributed by atoms with Gasteiger partial charge < -0.3 is 111 Å². The van der Waals surface area contributed by atoms with Crippen LogP contribution in [0.5, 0.6) is 0 Å². The van der Waals surface area contributed by atoms with Crippen LogP contribution in [-0.2, 0) is 101 Å². The molecule has 602 valence electrons. The highest BCUT2D eigenvalue weighted by atomic mass is 16.4. The van der Waals surface area contributed by atoms with Gasteiger partial charge in [0.05, 0.1) is 31.3 Å². The number of aliphatic carboxylic acids is 3. The highest BCUT2D eigenvalue weighted by Gasteiger charge is 2.39. The van der Waals surface area contributed by atoms with Crippen molar-refractivity contribution in [3.05, 3.63) is 72.3 Å². The van der Waals surface area contributed by atoms with E-state index < -0.39 is 248 Å². The summed E-state index contributed by atoms with van der Waals surface area (Å²) in [7, 11) is 0. The van der Waals surface area contributed by atoms with E-state index in [2.05, 4.69) is 89.1 Å². The van der Waals surface area contributed by atoms with Crippen LogP contribution < -0.4 is 80.6 Å². The van der Waals surface area contributed by atoms with Gasteiger partial charge in [-0.25, -0.2) is 14.8 Å².